The molecule has 0 radical (unpaired) electrons. The summed E-state index contributed by atoms with van der Waals surface area (Å²) in [6, 6.07) is 0. The van der Waals surface area contributed by atoms with Crippen LogP contribution in [0.5, 0.6) is 0 Å². The lowest BCUT2D eigenvalue weighted by Crippen LogP contribution is -2.18. The molecule has 0 amide bonds. The first-order valence-electron chi connectivity index (χ1n) is 6.34. The largest absolute Gasteiger partial charge is 0.481 e. The van der Waals surface area contributed by atoms with E-state index < -0.39 is 5.97 Å². The highest BCUT2D eigenvalue weighted by Gasteiger charge is 2.23. The van der Waals surface area contributed by atoms with Gasteiger partial charge in [-0.05, 0) is 50.0 Å². The maximum absolute atomic E-state index is 10.6. The Kier molecular flexibility index (Phi) is 5.75. The van der Waals surface area contributed by atoms with Gasteiger partial charge in [-0.2, -0.15) is 0 Å². The number of hydrogen-bond donors (Lipinski definition) is 1. The number of carbonyl (C=O) groups is 1. The molecule has 1 rings (SSSR count). The van der Waals surface area contributed by atoms with Crippen LogP contribution in [0.4, 0.5) is 0 Å². The number of aliphatic carboxylic acids is 1. The van der Waals surface area contributed by atoms with Crippen molar-refractivity contribution < 1.29 is 9.90 Å². The minimum Gasteiger partial charge on any atom is -0.481 e. The van der Waals surface area contributed by atoms with Gasteiger partial charge in [0.1, 0.15) is 0 Å². The first-order valence-corrected chi connectivity index (χ1v) is 6.34. The van der Waals surface area contributed by atoms with Crippen LogP contribution in [0.1, 0.15) is 39.0 Å². The van der Waals surface area contributed by atoms with Crippen LogP contribution in [0.3, 0.4) is 0 Å². The van der Waals surface area contributed by atoms with Gasteiger partial charge in [0.05, 0.1) is 0 Å². The smallest absolute Gasteiger partial charge is 0.303 e. The molecule has 0 aromatic carbocycles. The lowest BCUT2D eigenvalue weighted by molar-refractivity contribution is -0.138. The predicted octanol–water partition coefficient (Wildman–Crippen LogP) is 3.96. The Bertz CT molecular complexity index is 318. The van der Waals surface area contributed by atoms with E-state index >= 15 is 0 Å². The molecule has 0 aromatic rings. The van der Waals surface area contributed by atoms with E-state index in [1.54, 1.807) is 6.08 Å². The fraction of sp³-hybridized carbons (Fsp3) is 0.533. The van der Waals surface area contributed by atoms with E-state index in [0.29, 0.717) is 18.3 Å². The Hall–Kier alpha value is -1.31. The molecular weight excluding hydrogens is 212 g/mol. The molecule has 0 bridgehead atoms. The van der Waals surface area contributed by atoms with Crippen LogP contribution < -0.4 is 0 Å². The molecule has 2 heteroatoms. The zero-order valence-electron chi connectivity index (χ0n) is 10.6. The zero-order chi connectivity index (χ0) is 12.7. The van der Waals surface area contributed by atoms with Crippen LogP contribution in [0.15, 0.2) is 36.5 Å². The SMILES string of the molecule is C=C/C=C\C(=C/C)C1CCC(CC(=O)O)CC1. The topological polar surface area (TPSA) is 37.3 Å². The van der Waals surface area contributed by atoms with Gasteiger partial charge in [0, 0.05) is 6.42 Å². The van der Waals surface area contributed by atoms with E-state index in [-0.39, 0.29) is 0 Å². The molecule has 1 N–H and O–H groups in total. The Morgan fingerprint density at radius 3 is 2.47 bits per heavy atom. The first kappa shape index (κ1) is 13.8. The van der Waals surface area contributed by atoms with Gasteiger partial charge in [-0.3, -0.25) is 4.79 Å². The van der Waals surface area contributed by atoms with Crippen molar-refractivity contribution in [2.24, 2.45) is 11.8 Å². The Morgan fingerprint density at radius 2 is 2.00 bits per heavy atom. The Balaban J connectivity index is 2.47. The van der Waals surface area contributed by atoms with E-state index in [1.165, 1.54) is 5.57 Å². The van der Waals surface area contributed by atoms with Gasteiger partial charge in [0.15, 0.2) is 0 Å². The summed E-state index contributed by atoms with van der Waals surface area (Å²) < 4.78 is 0. The van der Waals surface area contributed by atoms with Crippen molar-refractivity contribution in [3.05, 3.63) is 36.5 Å². The maximum Gasteiger partial charge on any atom is 0.303 e. The number of carboxylic acid groups (broad SMARTS) is 1. The van der Waals surface area contributed by atoms with Crippen molar-refractivity contribution in [2.45, 2.75) is 39.0 Å². The zero-order valence-corrected chi connectivity index (χ0v) is 10.6. The highest BCUT2D eigenvalue weighted by atomic mass is 16.4. The van der Waals surface area contributed by atoms with Crippen molar-refractivity contribution in [1.29, 1.82) is 0 Å². The predicted molar refractivity (Wildman–Crippen MR) is 70.8 cm³/mol. The number of rotatable bonds is 5. The maximum atomic E-state index is 10.6. The minimum absolute atomic E-state index is 0.334. The second-order valence-corrected chi connectivity index (χ2v) is 4.70. The normalized spacial score (nSPS) is 26.1. The van der Waals surface area contributed by atoms with Crippen LogP contribution in [-0.4, -0.2) is 11.1 Å². The minimum atomic E-state index is -0.661. The van der Waals surface area contributed by atoms with E-state index in [1.807, 2.05) is 6.08 Å². The quantitative estimate of drug-likeness (QED) is 0.731. The summed E-state index contributed by atoms with van der Waals surface area (Å²) >= 11 is 0. The van der Waals surface area contributed by atoms with E-state index in [2.05, 4.69) is 25.7 Å². The molecule has 1 saturated carbocycles. The average molecular weight is 234 g/mol. The first-order chi connectivity index (χ1) is 8.17. The molecule has 17 heavy (non-hydrogen) atoms. The monoisotopic (exact) mass is 234 g/mol. The highest BCUT2D eigenvalue weighted by Crippen LogP contribution is 2.35. The summed E-state index contributed by atoms with van der Waals surface area (Å²) in [5.41, 5.74) is 1.36. The summed E-state index contributed by atoms with van der Waals surface area (Å²) in [4.78, 5) is 10.6. The van der Waals surface area contributed by atoms with E-state index in [0.717, 1.165) is 25.7 Å². The van der Waals surface area contributed by atoms with Crippen LogP contribution >= 0.6 is 0 Å². The van der Waals surface area contributed by atoms with Crippen molar-refractivity contribution >= 4 is 5.97 Å². The molecule has 0 heterocycles. The molecule has 0 spiro atoms. The van der Waals surface area contributed by atoms with Crippen LogP contribution in [-0.2, 0) is 4.79 Å². The lowest BCUT2D eigenvalue weighted by atomic mass is 9.77. The number of hydrogen-bond acceptors (Lipinski definition) is 1. The standard InChI is InChI=1S/C15H22O2/c1-3-5-6-13(4-2)14-9-7-12(8-10-14)11-15(16)17/h3-6,12,14H,1,7-11H2,2H3,(H,16,17)/b6-5-,13-4+. The molecule has 1 aliphatic rings. The van der Waals surface area contributed by atoms with Crippen molar-refractivity contribution in [3.63, 3.8) is 0 Å². The van der Waals surface area contributed by atoms with Crippen LogP contribution in [0.25, 0.3) is 0 Å². The summed E-state index contributed by atoms with van der Waals surface area (Å²) in [5, 5.41) is 8.77. The van der Waals surface area contributed by atoms with Crippen molar-refractivity contribution in [2.75, 3.05) is 0 Å². The van der Waals surface area contributed by atoms with Gasteiger partial charge >= 0.3 is 5.97 Å². The third-order valence-corrected chi connectivity index (χ3v) is 3.54. The fourth-order valence-electron chi connectivity index (χ4n) is 2.59. The second kappa shape index (κ2) is 7.10. The van der Waals surface area contributed by atoms with Gasteiger partial charge in [-0.15, -0.1) is 0 Å². The average Bonchev–Trinajstić information content (AvgIpc) is 2.31. The van der Waals surface area contributed by atoms with Gasteiger partial charge in [-0.25, -0.2) is 0 Å². The van der Waals surface area contributed by atoms with Gasteiger partial charge in [0.25, 0.3) is 0 Å². The Labute approximate surface area is 104 Å². The van der Waals surface area contributed by atoms with Crippen molar-refractivity contribution in [3.8, 4) is 0 Å². The third kappa shape index (κ3) is 4.59. The summed E-state index contributed by atoms with van der Waals surface area (Å²) in [5.74, 6) is 0.317. The van der Waals surface area contributed by atoms with Crippen LogP contribution in [0, 0.1) is 11.8 Å². The molecule has 0 saturated heterocycles. The molecule has 1 fully saturated rings. The molecular formula is C15H22O2. The molecule has 94 valence electrons. The highest BCUT2D eigenvalue weighted by molar-refractivity contribution is 5.67. The molecule has 0 aromatic heterocycles. The number of carboxylic acids is 1. The summed E-state index contributed by atoms with van der Waals surface area (Å²) in [6.07, 6.45) is 12.7. The summed E-state index contributed by atoms with van der Waals surface area (Å²) in [7, 11) is 0. The molecule has 0 aliphatic heterocycles. The number of allylic oxidation sites excluding steroid dienone is 5. The van der Waals surface area contributed by atoms with E-state index in [9.17, 15) is 4.79 Å². The van der Waals surface area contributed by atoms with E-state index in [4.69, 9.17) is 5.11 Å². The molecule has 0 unspecified atom stereocenters. The second-order valence-electron chi connectivity index (χ2n) is 4.70. The lowest BCUT2D eigenvalue weighted by Gasteiger charge is -2.28. The van der Waals surface area contributed by atoms with Crippen LogP contribution in [0.2, 0.25) is 0 Å². The molecule has 2 nitrogen and oxygen atoms in total. The van der Waals surface area contributed by atoms with Gasteiger partial charge in [0.2, 0.25) is 0 Å². The molecule has 1 aliphatic carbocycles. The Morgan fingerprint density at radius 1 is 1.35 bits per heavy atom. The van der Waals surface area contributed by atoms with Crippen molar-refractivity contribution in [1.82, 2.24) is 0 Å². The third-order valence-electron chi connectivity index (χ3n) is 3.54. The fourth-order valence-corrected chi connectivity index (χ4v) is 2.59. The summed E-state index contributed by atoms with van der Waals surface area (Å²) in [6.45, 7) is 5.74. The molecule has 0 atom stereocenters. The van der Waals surface area contributed by atoms with Gasteiger partial charge in [-0.1, -0.05) is 30.9 Å². The van der Waals surface area contributed by atoms with Gasteiger partial charge < -0.3 is 5.11 Å².